The van der Waals surface area contributed by atoms with Crippen molar-refractivity contribution >= 4 is 11.8 Å². The molecule has 5 nitrogen and oxygen atoms in total. The van der Waals surface area contributed by atoms with Gasteiger partial charge < -0.3 is 14.9 Å². The second-order valence-electron chi connectivity index (χ2n) is 10.3. The maximum atomic E-state index is 13.4. The van der Waals surface area contributed by atoms with E-state index in [9.17, 15) is 19.8 Å². The van der Waals surface area contributed by atoms with E-state index in [1.807, 2.05) is 0 Å². The summed E-state index contributed by atoms with van der Waals surface area (Å²) in [6.45, 7) is 9.85. The molecule has 1 spiro atoms. The van der Waals surface area contributed by atoms with Gasteiger partial charge in [0.15, 0.2) is 5.78 Å². The second kappa shape index (κ2) is 5.66. The maximum Gasteiger partial charge on any atom is 0.302 e. The minimum atomic E-state index is -1.26. The second-order valence-corrected chi connectivity index (χ2v) is 10.3. The average Bonchev–Trinajstić information content (AvgIpc) is 2.71. The highest BCUT2D eigenvalue weighted by atomic mass is 16.5. The summed E-state index contributed by atoms with van der Waals surface area (Å²) in [5, 5.41) is 21.3. The molecule has 4 fully saturated rings. The van der Waals surface area contributed by atoms with E-state index < -0.39 is 17.1 Å². The van der Waals surface area contributed by atoms with Crippen molar-refractivity contribution in [1.29, 1.82) is 0 Å². The fraction of sp³-hybridized carbons (Fsp3) is 0.818. The highest BCUT2D eigenvalue weighted by Crippen LogP contribution is 2.72. The number of fused-ring (bicyclic) bond motifs is 3. The first kappa shape index (κ1) is 19.1. The number of rotatable bonds is 2. The monoisotopic (exact) mass is 376 g/mol. The summed E-state index contributed by atoms with van der Waals surface area (Å²) in [6, 6.07) is 0. The van der Waals surface area contributed by atoms with Crippen molar-refractivity contribution in [2.45, 2.75) is 77.4 Å². The first-order chi connectivity index (χ1) is 12.5. The Bertz CT molecular complexity index is 715. The highest BCUT2D eigenvalue weighted by molar-refractivity contribution is 6.05. The molecule has 2 N–H and O–H groups in total. The molecule has 5 heteroatoms. The van der Waals surface area contributed by atoms with Gasteiger partial charge in [0, 0.05) is 36.9 Å². The van der Waals surface area contributed by atoms with Crippen LogP contribution in [0, 0.1) is 28.1 Å². The SMILES string of the molecule is C=C1C(=O)[C@]23CC[C@H]4[C@](C)(CO)CCC[C@]4(C)[C@H]2[C@@H](OC(C)=O)C[C@]1(O)C3. The molecule has 0 aliphatic heterocycles. The number of ketones is 1. The minimum Gasteiger partial charge on any atom is -0.462 e. The lowest BCUT2D eigenvalue weighted by Gasteiger charge is -2.64. The standard InChI is InChI=1S/C22H32O5/c1-13-18(25)21-9-6-16-19(3,12-23)7-5-8-20(16,4)17(21)15(27-14(2)24)10-22(13,26)11-21/h15-17,23,26H,1,5-12H2,2-4H3/t15-,16-,17+,19-,20-,21-,22-/m0/s1. The normalized spacial score (nSPS) is 51.5. The summed E-state index contributed by atoms with van der Waals surface area (Å²) < 4.78 is 5.76. The number of aliphatic hydroxyl groups excluding tert-OH is 1. The van der Waals surface area contributed by atoms with Crippen molar-refractivity contribution in [2.75, 3.05) is 6.61 Å². The molecule has 4 rings (SSSR count). The van der Waals surface area contributed by atoms with Crippen molar-refractivity contribution in [3.63, 3.8) is 0 Å². The molecule has 0 aromatic carbocycles. The third-order valence-corrected chi connectivity index (χ3v) is 8.77. The number of hydrogen-bond donors (Lipinski definition) is 2. The number of carbonyl (C=O) groups is 2. The van der Waals surface area contributed by atoms with E-state index in [1.54, 1.807) is 0 Å². The van der Waals surface area contributed by atoms with Gasteiger partial charge in [-0.25, -0.2) is 0 Å². The van der Waals surface area contributed by atoms with Gasteiger partial charge >= 0.3 is 5.97 Å². The van der Waals surface area contributed by atoms with Crippen LogP contribution in [0.1, 0.15) is 65.7 Å². The summed E-state index contributed by atoms with van der Waals surface area (Å²) in [5.74, 6) is -0.263. The Morgan fingerprint density at radius 1 is 1.30 bits per heavy atom. The van der Waals surface area contributed by atoms with Crippen molar-refractivity contribution < 1.29 is 24.5 Å². The van der Waals surface area contributed by atoms with E-state index in [0.717, 1.165) is 25.7 Å². The van der Waals surface area contributed by atoms with Crippen molar-refractivity contribution in [3.8, 4) is 0 Å². The predicted molar refractivity (Wildman–Crippen MR) is 99.7 cm³/mol. The lowest BCUT2D eigenvalue weighted by molar-refractivity contribution is -0.217. The highest BCUT2D eigenvalue weighted by Gasteiger charge is 2.73. The molecule has 0 aromatic rings. The van der Waals surface area contributed by atoms with Gasteiger partial charge in [0.1, 0.15) is 6.10 Å². The Morgan fingerprint density at radius 3 is 2.63 bits per heavy atom. The quantitative estimate of drug-likeness (QED) is 0.572. The lowest BCUT2D eigenvalue weighted by atomic mass is 9.40. The molecule has 0 heterocycles. The van der Waals surface area contributed by atoms with Crippen LogP contribution in [0.4, 0.5) is 0 Å². The zero-order valence-electron chi connectivity index (χ0n) is 16.7. The van der Waals surface area contributed by atoms with Gasteiger partial charge in [-0.2, -0.15) is 0 Å². The fourth-order valence-electron chi connectivity index (χ4n) is 7.87. The zero-order valence-corrected chi connectivity index (χ0v) is 16.7. The van der Waals surface area contributed by atoms with Crippen LogP contribution in [0.5, 0.6) is 0 Å². The van der Waals surface area contributed by atoms with Crippen LogP contribution in [-0.4, -0.2) is 40.3 Å². The minimum absolute atomic E-state index is 0.0272. The summed E-state index contributed by atoms with van der Waals surface area (Å²) in [6.07, 6.45) is 4.61. The first-order valence-corrected chi connectivity index (χ1v) is 10.3. The van der Waals surface area contributed by atoms with Gasteiger partial charge in [0.25, 0.3) is 0 Å². The molecule has 0 saturated heterocycles. The van der Waals surface area contributed by atoms with Crippen LogP contribution >= 0.6 is 0 Å². The van der Waals surface area contributed by atoms with Crippen molar-refractivity contribution in [2.24, 2.45) is 28.1 Å². The van der Waals surface area contributed by atoms with Gasteiger partial charge in [0.2, 0.25) is 0 Å². The number of hydrogen-bond acceptors (Lipinski definition) is 5. The van der Waals surface area contributed by atoms with Crippen LogP contribution in [-0.2, 0) is 14.3 Å². The third-order valence-electron chi connectivity index (χ3n) is 8.77. The van der Waals surface area contributed by atoms with Crippen molar-refractivity contribution in [1.82, 2.24) is 0 Å². The molecule has 7 atom stereocenters. The number of esters is 1. The number of Topliss-reactive ketones (excluding diaryl/α,β-unsaturated/α-hetero) is 1. The smallest absolute Gasteiger partial charge is 0.302 e. The Balaban J connectivity index is 1.86. The zero-order chi connectivity index (χ0) is 19.8. The molecule has 27 heavy (non-hydrogen) atoms. The number of ether oxygens (including phenoxy) is 1. The summed E-state index contributed by atoms with van der Waals surface area (Å²) in [5.41, 5.74) is -2.04. The van der Waals surface area contributed by atoms with E-state index in [1.165, 1.54) is 6.92 Å². The van der Waals surface area contributed by atoms with E-state index in [2.05, 4.69) is 20.4 Å². The molecule has 150 valence electrons. The average molecular weight is 376 g/mol. The van der Waals surface area contributed by atoms with Gasteiger partial charge in [-0.3, -0.25) is 9.59 Å². The number of carbonyl (C=O) groups excluding carboxylic acids is 2. The van der Waals surface area contributed by atoms with Gasteiger partial charge in [-0.15, -0.1) is 0 Å². The summed E-state index contributed by atoms with van der Waals surface area (Å²) in [7, 11) is 0. The maximum absolute atomic E-state index is 13.4. The van der Waals surface area contributed by atoms with Crippen molar-refractivity contribution in [3.05, 3.63) is 12.2 Å². The number of aliphatic hydroxyl groups is 2. The molecular weight excluding hydrogens is 344 g/mol. The van der Waals surface area contributed by atoms with Crippen LogP contribution in [0.2, 0.25) is 0 Å². The Hall–Kier alpha value is -1.20. The lowest BCUT2D eigenvalue weighted by Crippen LogP contribution is -2.64. The summed E-state index contributed by atoms with van der Waals surface area (Å²) in [4.78, 5) is 25.3. The van der Waals surface area contributed by atoms with E-state index >= 15 is 0 Å². The van der Waals surface area contributed by atoms with Crippen LogP contribution in [0.3, 0.4) is 0 Å². The summed E-state index contributed by atoms with van der Waals surface area (Å²) >= 11 is 0. The van der Waals surface area contributed by atoms with Gasteiger partial charge in [-0.1, -0.05) is 26.8 Å². The van der Waals surface area contributed by atoms with Crippen LogP contribution in [0.25, 0.3) is 0 Å². The Morgan fingerprint density at radius 2 is 2.00 bits per heavy atom. The van der Waals surface area contributed by atoms with Crippen LogP contribution in [0.15, 0.2) is 12.2 Å². The molecular formula is C22H32O5. The Labute approximate surface area is 161 Å². The molecule has 0 radical (unpaired) electrons. The molecule has 4 aliphatic carbocycles. The molecule has 0 unspecified atom stereocenters. The predicted octanol–water partition coefficient (Wildman–Crippen LogP) is 2.78. The molecule has 4 saturated carbocycles. The molecule has 0 amide bonds. The van der Waals surface area contributed by atoms with Crippen LogP contribution < -0.4 is 0 Å². The Kier molecular flexibility index (Phi) is 4.01. The van der Waals surface area contributed by atoms with Gasteiger partial charge in [0.05, 0.1) is 5.60 Å². The molecule has 4 aliphatic rings. The fourth-order valence-corrected chi connectivity index (χ4v) is 7.87. The third kappa shape index (κ3) is 2.30. The largest absolute Gasteiger partial charge is 0.462 e. The van der Waals surface area contributed by atoms with E-state index in [-0.39, 0.29) is 47.4 Å². The van der Waals surface area contributed by atoms with E-state index in [0.29, 0.717) is 18.4 Å². The van der Waals surface area contributed by atoms with Gasteiger partial charge in [-0.05, 0) is 48.9 Å². The molecule has 2 bridgehead atoms. The van der Waals surface area contributed by atoms with E-state index in [4.69, 9.17) is 4.74 Å². The topological polar surface area (TPSA) is 83.8 Å². The first-order valence-electron chi connectivity index (χ1n) is 10.3. The molecule has 0 aromatic heterocycles.